The lowest BCUT2D eigenvalue weighted by Crippen LogP contribution is -2.70. The summed E-state index contributed by atoms with van der Waals surface area (Å²) < 4.78 is 26.5. The second kappa shape index (κ2) is 7.62. The highest BCUT2D eigenvalue weighted by atomic mass is 19.1. The topological polar surface area (TPSA) is 69.7 Å². The molecule has 2 fully saturated rings. The van der Waals surface area contributed by atoms with Gasteiger partial charge in [-0.1, -0.05) is 18.2 Å². The van der Waals surface area contributed by atoms with Gasteiger partial charge in [-0.25, -0.2) is 8.78 Å². The van der Waals surface area contributed by atoms with Gasteiger partial charge < -0.3 is 15.1 Å². The molecule has 2 aromatic rings. The Balaban J connectivity index is 1.46. The summed E-state index contributed by atoms with van der Waals surface area (Å²) in [4.78, 5) is 41.1. The predicted octanol–water partition coefficient (Wildman–Crippen LogP) is 1.36. The van der Waals surface area contributed by atoms with Gasteiger partial charge in [0, 0.05) is 25.1 Å². The molecule has 6 nitrogen and oxygen atoms in total. The van der Waals surface area contributed by atoms with E-state index in [4.69, 9.17) is 0 Å². The first-order valence-electron chi connectivity index (χ1n) is 9.32. The zero-order valence-corrected chi connectivity index (χ0v) is 15.5. The van der Waals surface area contributed by atoms with E-state index in [9.17, 15) is 23.2 Å². The van der Waals surface area contributed by atoms with E-state index in [0.29, 0.717) is 0 Å². The fraction of sp³-hybridized carbons (Fsp3) is 0.286. The number of benzene rings is 2. The summed E-state index contributed by atoms with van der Waals surface area (Å²) in [6.07, 6.45) is 0.264. The maximum absolute atomic E-state index is 13.4. The molecule has 0 aromatic heterocycles. The first-order valence-corrected chi connectivity index (χ1v) is 9.32. The molecule has 150 valence electrons. The van der Waals surface area contributed by atoms with Crippen molar-refractivity contribution >= 4 is 17.7 Å². The smallest absolute Gasteiger partial charge is 0.254 e. The van der Waals surface area contributed by atoms with Crippen molar-refractivity contribution in [3.8, 4) is 0 Å². The maximum Gasteiger partial charge on any atom is 0.254 e. The number of carbonyl (C=O) groups excluding carboxylic acids is 3. The SMILES string of the molecule is O=C1N[C@@H](Cc2ccc(F)cc2)C(=O)N2CCN(C(=O)c3cccc(F)c3)C[C@H]12. The van der Waals surface area contributed by atoms with Crippen molar-refractivity contribution < 1.29 is 23.2 Å². The molecule has 0 spiro atoms. The molecule has 0 saturated carbocycles. The number of piperazine rings is 2. The van der Waals surface area contributed by atoms with Crippen LogP contribution in [0, 0.1) is 11.6 Å². The van der Waals surface area contributed by atoms with Crippen LogP contribution in [-0.4, -0.2) is 59.2 Å². The van der Waals surface area contributed by atoms with Crippen LogP contribution < -0.4 is 5.32 Å². The molecule has 29 heavy (non-hydrogen) atoms. The summed E-state index contributed by atoms with van der Waals surface area (Å²) in [5.41, 5.74) is 0.943. The summed E-state index contributed by atoms with van der Waals surface area (Å²) in [6, 6.07) is 9.65. The first kappa shape index (κ1) is 19.0. The van der Waals surface area contributed by atoms with E-state index in [0.717, 1.165) is 11.6 Å². The van der Waals surface area contributed by atoms with Gasteiger partial charge in [-0.15, -0.1) is 0 Å². The first-order chi connectivity index (χ1) is 13.9. The Labute approximate surface area is 166 Å². The van der Waals surface area contributed by atoms with Crippen molar-refractivity contribution in [2.45, 2.75) is 18.5 Å². The maximum atomic E-state index is 13.4. The summed E-state index contributed by atoms with van der Waals surface area (Å²) in [7, 11) is 0. The molecule has 4 rings (SSSR count). The van der Waals surface area contributed by atoms with E-state index in [1.807, 2.05) is 0 Å². The molecule has 3 amide bonds. The summed E-state index contributed by atoms with van der Waals surface area (Å²) in [5.74, 6) is -1.82. The summed E-state index contributed by atoms with van der Waals surface area (Å²) >= 11 is 0. The number of rotatable bonds is 3. The molecule has 2 saturated heterocycles. The average Bonchev–Trinajstić information content (AvgIpc) is 2.72. The van der Waals surface area contributed by atoms with Gasteiger partial charge in [0.25, 0.3) is 5.91 Å². The monoisotopic (exact) mass is 399 g/mol. The Kier molecular flexibility index (Phi) is 5.00. The van der Waals surface area contributed by atoms with Crippen LogP contribution >= 0.6 is 0 Å². The van der Waals surface area contributed by atoms with Crippen molar-refractivity contribution in [2.24, 2.45) is 0 Å². The van der Waals surface area contributed by atoms with Crippen LogP contribution in [0.2, 0.25) is 0 Å². The Morgan fingerprint density at radius 3 is 2.52 bits per heavy atom. The van der Waals surface area contributed by atoms with E-state index in [-0.39, 0.29) is 55.2 Å². The van der Waals surface area contributed by atoms with Crippen LogP contribution in [0.1, 0.15) is 15.9 Å². The van der Waals surface area contributed by atoms with Crippen molar-refractivity contribution in [1.82, 2.24) is 15.1 Å². The van der Waals surface area contributed by atoms with Crippen LogP contribution in [0.15, 0.2) is 48.5 Å². The zero-order chi connectivity index (χ0) is 20.5. The third-order valence-corrected chi connectivity index (χ3v) is 5.29. The van der Waals surface area contributed by atoms with Crippen molar-refractivity contribution in [3.05, 3.63) is 71.3 Å². The fourth-order valence-electron chi connectivity index (χ4n) is 3.78. The Morgan fingerprint density at radius 1 is 1.03 bits per heavy atom. The number of halogens is 2. The van der Waals surface area contributed by atoms with E-state index in [2.05, 4.69) is 5.32 Å². The minimum absolute atomic E-state index is 0.0518. The molecular weight excluding hydrogens is 380 g/mol. The predicted molar refractivity (Wildman–Crippen MR) is 99.8 cm³/mol. The Bertz CT molecular complexity index is 964. The molecule has 2 aliphatic heterocycles. The van der Waals surface area contributed by atoms with Crippen molar-refractivity contribution in [1.29, 1.82) is 0 Å². The van der Waals surface area contributed by atoms with E-state index in [1.165, 1.54) is 40.1 Å². The fourth-order valence-corrected chi connectivity index (χ4v) is 3.78. The molecular formula is C21H19F2N3O3. The van der Waals surface area contributed by atoms with E-state index >= 15 is 0 Å². The van der Waals surface area contributed by atoms with Gasteiger partial charge in [-0.2, -0.15) is 0 Å². The van der Waals surface area contributed by atoms with Crippen molar-refractivity contribution in [3.63, 3.8) is 0 Å². The number of carbonyl (C=O) groups is 3. The molecule has 1 N–H and O–H groups in total. The molecule has 0 radical (unpaired) electrons. The number of hydrogen-bond donors (Lipinski definition) is 1. The second-order valence-corrected chi connectivity index (χ2v) is 7.20. The van der Waals surface area contributed by atoms with E-state index < -0.39 is 17.9 Å². The minimum atomic E-state index is -0.779. The quantitative estimate of drug-likeness (QED) is 0.848. The Hall–Kier alpha value is -3.29. The van der Waals surface area contributed by atoms with Gasteiger partial charge in [0.1, 0.15) is 23.7 Å². The largest absolute Gasteiger partial charge is 0.342 e. The number of amides is 3. The average molecular weight is 399 g/mol. The molecule has 0 bridgehead atoms. The molecule has 0 unspecified atom stereocenters. The normalized spacial score (nSPS) is 21.6. The molecule has 2 atom stereocenters. The Morgan fingerprint density at radius 2 is 1.79 bits per heavy atom. The summed E-state index contributed by atoms with van der Waals surface area (Å²) in [5, 5.41) is 2.71. The van der Waals surface area contributed by atoms with Crippen LogP contribution in [0.3, 0.4) is 0 Å². The molecule has 0 aliphatic carbocycles. The van der Waals surface area contributed by atoms with Gasteiger partial charge in [-0.05, 0) is 35.9 Å². The lowest BCUT2D eigenvalue weighted by molar-refractivity contribution is -0.152. The molecule has 2 aliphatic rings. The van der Waals surface area contributed by atoms with Crippen molar-refractivity contribution in [2.75, 3.05) is 19.6 Å². The lowest BCUT2D eigenvalue weighted by Gasteiger charge is -2.45. The minimum Gasteiger partial charge on any atom is -0.342 e. The number of nitrogens with one attached hydrogen (secondary N) is 1. The highest BCUT2D eigenvalue weighted by Gasteiger charge is 2.44. The third-order valence-electron chi connectivity index (χ3n) is 5.29. The van der Waals surface area contributed by atoms with Gasteiger partial charge in [-0.3, -0.25) is 14.4 Å². The van der Waals surface area contributed by atoms with Crippen LogP contribution in [0.4, 0.5) is 8.78 Å². The summed E-state index contributed by atoms with van der Waals surface area (Å²) in [6.45, 7) is 0.530. The van der Waals surface area contributed by atoms with Crippen LogP contribution in [0.5, 0.6) is 0 Å². The number of fused-ring (bicyclic) bond motifs is 1. The highest BCUT2D eigenvalue weighted by molar-refractivity contribution is 5.99. The second-order valence-electron chi connectivity index (χ2n) is 7.20. The molecule has 2 aromatic carbocycles. The zero-order valence-electron chi connectivity index (χ0n) is 15.5. The number of hydrogen-bond acceptors (Lipinski definition) is 3. The highest BCUT2D eigenvalue weighted by Crippen LogP contribution is 2.20. The van der Waals surface area contributed by atoms with Crippen LogP contribution in [0.25, 0.3) is 0 Å². The van der Waals surface area contributed by atoms with Gasteiger partial charge in [0.15, 0.2) is 0 Å². The number of nitrogens with zero attached hydrogens (tertiary/aromatic N) is 2. The van der Waals surface area contributed by atoms with Gasteiger partial charge in [0.2, 0.25) is 11.8 Å². The standard InChI is InChI=1S/C21H19F2N3O3/c22-15-6-4-13(5-7-15)10-17-21(29)26-9-8-25(12-18(26)19(27)24-17)20(28)14-2-1-3-16(23)11-14/h1-7,11,17-18H,8-10,12H2,(H,24,27)/t17-,18+/m0/s1. The van der Waals surface area contributed by atoms with Crippen LogP contribution in [-0.2, 0) is 16.0 Å². The van der Waals surface area contributed by atoms with E-state index in [1.54, 1.807) is 12.1 Å². The molecule has 8 heteroatoms. The molecule has 2 heterocycles. The van der Waals surface area contributed by atoms with Gasteiger partial charge >= 0.3 is 0 Å². The third kappa shape index (κ3) is 3.83. The van der Waals surface area contributed by atoms with Gasteiger partial charge in [0.05, 0.1) is 6.54 Å². The lowest BCUT2D eigenvalue weighted by atomic mass is 9.98.